The van der Waals surface area contributed by atoms with Crippen molar-refractivity contribution < 1.29 is 18.3 Å². The summed E-state index contributed by atoms with van der Waals surface area (Å²) in [7, 11) is 3.55. The summed E-state index contributed by atoms with van der Waals surface area (Å²) in [5, 5.41) is 3.77. The summed E-state index contributed by atoms with van der Waals surface area (Å²) in [5.41, 5.74) is 2.40. The highest BCUT2D eigenvalue weighted by Crippen LogP contribution is 2.39. The zero-order valence-electron chi connectivity index (χ0n) is 21.1. The molecule has 2 aromatic carbocycles. The summed E-state index contributed by atoms with van der Waals surface area (Å²) in [6.45, 7) is 0.284. The summed E-state index contributed by atoms with van der Waals surface area (Å²) >= 11 is 7.83. The van der Waals surface area contributed by atoms with Crippen LogP contribution >= 0.6 is 22.9 Å². The van der Waals surface area contributed by atoms with E-state index in [1.54, 1.807) is 25.3 Å². The van der Waals surface area contributed by atoms with E-state index in [1.807, 2.05) is 30.1 Å². The Bertz CT molecular complexity index is 1450. The molecule has 1 amide bonds. The van der Waals surface area contributed by atoms with E-state index < -0.39 is 11.8 Å². The fourth-order valence-electron chi connectivity index (χ4n) is 5.19. The molecule has 1 saturated carbocycles. The minimum absolute atomic E-state index is 0.0147. The number of fused-ring (bicyclic) bond motifs is 1. The van der Waals surface area contributed by atoms with Gasteiger partial charge in [-0.25, -0.2) is 9.37 Å². The molecule has 9 heteroatoms. The Labute approximate surface area is 229 Å². The summed E-state index contributed by atoms with van der Waals surface area (Å²) in [6, 6.07) is 13.8. The first-order valence-corrected chi connectivity index (χ1v) is 13.7. The first kappa shape index (κ1) is 26.5. The van der Waals surface area contributed by atoms with Crippen LogP contribution in [0.2, 0.25) is 5.02 Å². The average Bonchev–Trinajstić information content (AvgIpc) is 3.29. The van der Waals surface area contributed by atoms with Crippen molar-refractivity contribution in [2.75, 3.05) is 14.2 Å². The molecule has 5 rings (SSSR count). The van der Waals surface area contributed by atoms with Gasteiger partial charge in [-0.2, -0.15) is 4.39 Å². The normalized spacial score (nSPS) is 17.5. The number of hydrogen-bond donors (Lipinski definition) is 1. The number of halogens is 3. The van der Waals surface area contributed by atoms with Gasteiger partial charge in [0.25, 0.3) is 5.91 Å². The summed E-state index contributed by atoms with van der Waals surface area (Å²) in [5.74, 6) is -0.572. The van der Waals surface area contributed by atoms with Crippen molar-refractivity contribution in [3.05, 3.63) is 82.0 Å². The molecule has 2 heterocycles. The van der Waals surface area contributed by atoms with Crippen LogP contribution in [0.5, 0.6) is 5.75 Å². The van der Waals surface area contributed by atoms with E-state index in [0.717, 1.165) is 42.4 Å². The van der Waals surface area contributed by atoms with Crippen molar-refractivity contribution in [2.24, 2.45) is 0 Å². The predicted molar refractivity (Wildman–Crippen MR) is 148 cm³/mol. The van der Waals surface area contributed by atoms with Crippen molar-refractivity contribution >= 4 is 38.9 Å². The molecule has 1 fully saturated rings. The third-order valence-corrected chi connectivity index (χ3v) is 8.92. The van der Waals surface area contributed by atoms with E-state index in [2.05, 4.69) is 10.3 Å². The van der Waals surface area contributed by atoms with Crippen LogP contribution in [0.1, 0.15) is 40.9 Å². The number of rotatable bonds is 7. The van der Waals surface area contributed by atoms with Crippen molar-refractivity contribution in [3.8, 4) is 16.9 Å². The van der Waals surface area contributed by atoms with E-state index in [4.69, 9.17) is 16.3 Å². The van der Waals surface area contributed by atoms with Crippen LogP contribution in [0.4, 0.5) is 8.78 Å². The SMILES string of the molecule is CNC1CCC(N(Cc2cc(-c3ccc(F)nc3)ccc2OC)C(=O)c2sc3cccc(F)c3c2Cl)CC1. The summed E-state index contributed by atoms with van der Waals surface area (Å²) in [4.78, 5) is 20.1. The van der Waals surface area contributed by atoms with Gasteiger partial charge < -0.3 is 15.0 Å². The van der Waals surface area contributed by atoms with E-state index in [-0.39, 0.29) is 28.9 Å². The minimum Gasteiger partial charge on any atom is -0.496 e. The number of carbonyl (C=O) groups excluding carboxylic acids is 1. The van der Waals surface area contributed by atoms with E-state index in [0.29, 0.717) is 21.4 Å². The second kappa shape index (κ2) is 11.4. The Hall–Kier alpha value is -3.07. The van der Waals surface area contributed by atoms with Crippen molar-refractivity contribution in [3.63, 3.8) is 0 Å². The largest absolute Gasteiger partial charge is 0.496 e. The van der Waals surface area contributed by atoms with Gasteiger partial charge in [0, 0.05) is 46.0 Å². The van der Waals surface area contributed by atoms with Crippen LogP contribution in [0.3, 0.4) is 0 Å². The van der Waals surface area contributed by atoms with Gasteiger partial charge in [0.15, 0.2) is 0 Å². The smallest absolute Gasteiger partial charge is 0.266 e. The molecule has 0 radical (unpaired) electrons. The zero-order chi connectivity index (χ0) is 26.8. The summed E-state index contributed by atoms with van der Waals surface area (Å²) in [6.07, 6.45) is 5.03. The monoisotopic (exact) mass is 555 g/mol. The zero-order valence-corrected chi connectivity index (χ0v) is 22.7. The third kappa shape index (κ3) is 5.25. The highest BCUT2D eigenvalue weighted by molar-refractivity contribution is 7.21. The lowest BCUT2D eigenvalue weighted by molar-refractivity contribution is 0.0604. The minimum atomic E-state index is -0.548. The number of nitrogens with one attached hydrogen (secondary N) is 1. The Kier molecular flexibility index (Phi) is 7.93. The molecule has 198 valence electrons. The number of amides is 1. The first-order valence-electron chi connectivity index (χ1n) is 12.5. The highest BCUT2D eigenvalue weighted by Gasteiger charge is 2.32. The van der Waals surface area contributed by atoms with Crippen molar-refractivity contribution in [1.29, 1.82) is 0 Å². The van der Waals surface area contributed by atoms with Gasteiger partial charge in [-0.3, -0.25) is 4.79 Å². The summed E-state index contributed by atoms with van der Waals surface area (Å²) < 4.78 is 34.3. The molecule has 38 heavy (non-hydrogen) atoms. The highest BCUT2D eigenvalue weighted by atomic mass is 35.5. The van der Waals surface area contributed by atoms with E-state index in [1.165, 1.54) is 29.7 Å². The van der Waals surface area contributed by atoms with Crippen LogP contribution in [-0.2, 0) is 6.54 Å². The fourth-order valence-corrected chi connectivity index (χ4v) is 6.70. The van der Waals surface area contributed by atoms with E-state index >= 15 is 0 Å². The maximum absolute atomic E-state index is 14.6. The maximum atomic E-state index is 14.6. The molecule has 0 aliphatic heterocycles. The van der Waals surface area contributed by atoms with Crippen molar-refractivity contribution in [1.82, 2.24) is 15.2 Å². The molecule has 5 nitrogen and oxygen atoms in total. The molecule has 4 aromatic rings. The number of methoxy groups -OCH3 is 1. The Morgan fingerprint density at radius 3 is 2.55 bits per heavy atom. The number of nitrogens with zero attached hydrogens (tertiary/aromatic N) is 2. The van der Waals surface area contributed by atoms with Crippen LogP contribution in [-0.4, -0.2) is 42.0 Å². The molecule has 0 spiro atoms. The molecule has 1 aliphatic rings. The Morgan fingerprint density at radius 2 is 1.89 bits per heavy atom. The van der Waals surface area contributed by atoms with Gasteiger partial charge in [0.2, 0.25) is 5.95 Å². The Morgan fingerprint density at radius 1 is 1.13 bits per heavy atom. The lowest BCUT2D eigenvalue weighted by Crippen LogP contribution is -2.44. The van der Waals surface area contributed by atoms with Gasteiger partial charge >= 0.3 is 0 Å². The number of hydrogen-bond acceptors (Lipinski definition) is 5. The molecular formula is C29H28ClF2N3O2S. The third-order valence-electron chi connectivity index (χ3n) is 7.29. The lowest BCUT2D eigenvalue weighted by Gasteiger charge is -2.37. The number of carbonyl (C=O) groups is 1. The molecule has 0 saturated heterocycles. The van der Waals surface area contributed by atoms with Gasteiger partial charge in [-0.15, -0.1) is 11.3 Å². The number of pyridine rings is 1. The number of aromatic nitrogens is 1. The van der Waals surface area contributed by atoms with E-state index in [9.17, 15) is 13.6 Å². The molecule has 0 unspecified atom stereocenters. The Balaban J connectivity index is 1.54. The molecule has 0 bridgehead atoms. The second-order valence-electron chi connectivity index (χ2n) is 9.48. The maximum Gasteiger partial charge on any atom is 0.266 e. The van der Waals surface area contributed by atoms with Crippen LogP contribution < -0.4 is 10.1 Å². The number of ether oxygens (including phenoxy) is 1. The van der Waals surface area contributed by atoms with Crippen LogP contribution in [0.15, 0.2) is 54.7 Å². The number of benzene rings is 2. The second-order valence-corrected chi connectivity index (χ2v) is 10.9. The predicted octanol–water partition coefficient (Wildman–Crippen LogP) is 7.08. The molecule has 1 N–H and O–H groups in total. The first-order chi connectivity index (χ1) is 18.4. The molecule has 0 atom stereocenters. The topological polar surface area (TPSA) is 54.5 Å². The van der Waals surface area contributed by atoms with Gasteiger partial charge in [-0.1, -0.05) is 23.7 Å². The van der Waals surface area contributed by atoms with Crippen LogP contribution in [0.25, 0.3) is 21.2 Å². The fraction of sp³-hybridized carbons (Fsp3) is 0.310. The molecule has 2 aromatic heterocycles. The van der Waals surface area contributed by atoms with Crippen molar-refractivity contribution in [2.45, 2.75) is 44.3 Å². The lowest BCUT2D eigenvalue weighted by atomic mass is 9.89. The van der Waals surface area contributed by atoms with Gasteiger partial charge in [-0.05, 0) is 74.7 Å². The number of thiophene rings is 1. The standard InChI is InChI=1S/C29H28ClF2N3O2S/c1-33-20-8-10-21(11-9-20)35(29(36)28-27(30)26-22(31)4-3-5-24(26)38-28)16-19-14-17(6-12-23(19)37-2)18-7-13-25(32)34-15-18/h3-7,12-15,20-21,33H,8-11,16H2,1-2H3. The quantitative estimate of drug-likeness (QED) is 0.248. The molecule has 1 aliphatic carbocycles. The van der Waals surface area contributed by atoms with Gasteiger partial charge in [0.1, 0.15) is 16.4 Å². The average molecular weight is 556 g/mol. The van der Waals surface area contributed by atoms with Gasteiger partial charge in [0.05, 0.1) is 12.1 Å². The molecular weight excluding hydrogens is 528 g/mol. The van der Waals surface area contributed by atoms with Crippen LogP contribution in [0, 0.1) is 11.8 Å².